The summed E-state index contributed by atoms with van der Waals surface area (Å²) in [4.78, 5) is 18.0. The number of aromatic nitrogens is 1. The number of nitrogens with zero attached hydrogens (tertiary/aromatic N) is 2. The Balaban J connectivity index is 1.95. The minimum atomic E-state index is 0.107. The maximum Gasteiger partial charge on any atom is 0.253 e. The number of carbonyl (C=O) groups excluding carboxylic acids is 1. The summed E-state index contributed by atoms with van der Waals surface area (Å²) in [5, 5.41) is 0. The van der Waals surface area contributed by atoms with E-state index in [4.69, 9.17) is 5.73 Å². The second-order valence-electron chi connectivity index (χ2n) is 4.72. The Morgan fingerprint density at radius 3 is 2.53 bits per heavy atom. The molecule has 0 aromatic carbocycles. The van der Waals surface area contributed by atoms with E-state index in [9.17, 15) is 4.79 Å². The molecule has 1 fully saturated rings. The lowest BCUT2D eigenvalue weighted by Crippen LogP contribution is -2.42. The molecule has 4 nitrogen and oxygen atoms in total. The van der Waals surface area contributed by atoms with E-state index in [0.29, 0.717) is 5.92 Å². The molecule has 1 aromatic heterocycles. The lowest BCUT2D eigenvalue weighted by molar-refractivity contribution is 0.0681. The molecule has 17 heavy (non-hydrogen) atoms. The van der Waals surface area contributed by atoms with Gasteiger partial charge in [-0.15, -0.1) is 0 Å². The summed E-state index contributed by atoms with van der Waals surface area (Å²) < 4.78 is 0. The molecule has 4 heteroatoms. The molecule has 2 rings (SSSR count). The Kier molecular flexibility index (Phi) is 3.74. The zero-order valence-electron chi connectivity index (χ0n) is 10.2. The Morgan fingerprint density at radius 2 is 2.00 bits per heavy atom. The van der Waals surface area contributed by atoms with Crippen molar-refractivity contribution in [3.8, 4) is 0 Å². The highest BCUT2D eigenvalue weighted by Crippen LogP contribution is 2.20. The summed E-state index contributed by atoms with van der Waals surface area (Å²) in [7, 11) is 0. The fourth-order valence-electron chi connectivity index (χ4n) is 2.31. The summed E-state index contributed by atoms with van der Waals surface area (Å²) >= 11 is 0. The minimum absolute atomic E-state index is 0.107. The van der Waals surface area contributed by atoms with Crippen LogP contribution in [0.4, 0.5) is 0 Å². The van der Waals surface area contributed by atoms with Gasteiger partial charge in [0.05, 0.1) is 0 Å². The monoisotopic (exact) mass is 233 g/mol. The lowest BCUT2D eigenvalue weighted by Gasteiger charge is -2.33. The van der Waals surface area contributed by atoms with E-state index >= 15 is 0 Å². The van der Waals surface area contributed by atoms with Crippen LogP contribution in [0, 0.1) is 5.92 Å². The summed E-state index contributed by atoms with van der Waals surface area (Å²) in [5.74, 6) is 0.659. The summed E-state index contributed by atoms with van der Waals surface area (Å²) in [6, 6.07) is 3.76. The van der Waals surface area contributed by atoms with Crippen LogP contribution in [0.5, 0.6) is 0 Å². The molecule has 1 saturated heterocycles. The summed E-state index contributed by atoms with van der Waals surface area (Å²) in [5.41, 5.74) is 6.61. The van der Waals surface area contributed by atoms with Gasteiger partial charge in [-0.1, -0.05) is 0 Å². The van der Waals surface area contributed by atoms with Crippen molar-refractivity contribution in [2.45, 2.75) is 25.8 Å². The number of hydrogen-bond acceptors (Lipinski definition) is 3. The molecule has 1 amide bonds. The molecule has 1 aliphatic heterocycles. The number of piperidine rings is 1. The topological polar surface area (TPSA) is 59.2 Å². The van der Waals surface area contributed by atoms with Crippen molar-refractivity contribution in [2.75, 3.05) is 13.1 Å². The maximum absolute atomic E-state index is 12.1. The van der Waals surface area contributed by atoms with Crippen LogP contribution in [0.3, 0.4) is 0 Å². The molecule has 1 unspecified atom stereocenters. The normalized spacial score (nSPS) is 19.1. The van der Waals surface area contributed by atoms with Crippen molar-refractivity contribution in [1.29, 1.82) is 0 Å². The van der Waals surface area contributed by atoms with E-state index in [-0.39, 0.29) is 11.9 Å². The van der Waals surface area contributed by atoms with Crippen molar-refractivity contribution in [3.63, 3.8) is 0 Å². The Morgan fingerprint density at radius 1 is 1.41 bits per heavy atom. The van der Waals surface area contributed by atoms with Crippen molar-refractivity contribution in [2.24, 2.45) is 11.7 Å². The molecule has 0 aliphatic carbocycles. The van der Waals surface area contributed by atoms with E-state index in [1.54, 1.807) is 24.5 Å². The minimum Gasteiger partial charge on any atom is -0.339 e. The van der Waals surface area contributed by atoms with E-state index in [2.05, 4.69) is 4.98 Å². The second kappa shape index (κ2) is 5.27. The van der Waals surface area contributed by atoms with E-state index in [0.717, 1.165) is 31.5 Å². The van der Waals surface area contributed by atoms with Crippen LogP contribution in [0.2, 0.25) is 0 Å². The Bertz CT molecular complexity index is 370. The lowest BCUT2D eigenvalue weighted by atomic mass is 9.91. The SMILES string of the molecule is CC(N)C1CCN(C(=O)c2ccncc2)CC1. The number of hydrogen-bond donors (Lipinski definition) is 1. The first kappa shape index (κ1) is 12.0. The van der Waals surface area contributed by atoms with Crippen LogP contribution in [-0.4, -0.2) is 34.9 Å². The van der Waals surface area contributed by atoms with Crippen molar-refractivity contribution < 1.29 is 4.79 Å². The average Bonchev–Trinajstić information content (AvgIpc) is 2.39. The van der Waals surface area contributed by atoms with Gasteiger partial charge in [0, 0.05) is 37.1 Å². The maximum atomic E-state index is 12.1. The predicted molar refractivity (Wildman–Crippen MR) is 66.5 cm³/mol. The molecule has 0 radical (unpaired) electrons. The summed E-state index contributed by atoms with van der Waals surface area (Å²) in [6.45, 7) is 3.67. The molecule has 0 spiro atoms. The number of nitrogens with two attached hydrogens (primary N) is 1. The van der Waals surface area contributed by atoms with Gasteiger partial charge in [0.15, 0.2) is 0 Å². The van der Waals surface area contributed by atoms with Crippen LogP contribution in [-0.2, 0) is 0 Å². The van der Waals surface area contributed by atoms with Gasteiger partial charge in [-0.3, -0.25) is 9.78 Å². The van der Waals surface area contributed by atoms with Gasteiger partial charge in [0.25, 0.3) is 5.91 Å². The highest BCUT2D eigenvalue weighted by molar-refractivity contribution is 5.94. The first-order valence-electron chi connectivity index (χ1n) is 6.13. The molecular formula is C13H19N3O. The smallest absolute Gasteiger partial charge is 0.253 e. The van der Waals surface area contributed by atoms with Crippen molar-refractivity contribution in [1.82, 2.24) is 9.88 Å². The molecule has 1 aliphatic rings. The first-order valence-corrected chi connectivity index (χ1v) is 6.13. The van der Waals surface area contributed by atoms with Crippen molar-refractivity contribution in [3.05, 3.63) is 30.1 Å². The zero-order valence-corrected chi connectivity index (χ0v) is 10.2. The van der Waals surface area contributed by atoms with Crippen LogP contribution < -0.4 is 5.73 Å². The number of pyridine rings is 1. The third kappa shape index (κ3) is 2.82. The molecule has 2 heterocycles. The molecule has 1 atom stereocenters. The van der Waals surface area contributed by atoms with Crippen LogP contribution in [0.25, 0.3) is 0 Å². The largest absolute Gasteiger partial charge is 0.339 e. The second-order valence-corrected chi connectivity index (χ2v) is 4.72. The number of carbonyl (C=O) groups is 1. The molecule has 0 bridgehead atoms. The highest BCUT2D eigenvalue weighted by atomic mass is 16.2. The molecule has 0 saturated carbocycles. The number of rotatable bonds is 2. The third-order valence-electron chi connectivity index (χ3n) is 3.50. The Hall–Kier alpha value is -1.42. The van der Waals surface area contributed by atoms with Crippen LogP contribution in [0.1, 0.15) is 30.1 Å². The van der Waals surface area contributed by atoms with Crippen LogP contribution in [0.15, 0.2) is 24.5 Å². The van der Waals surface area contributed by atoms with Gasteiger partial charge in [-0.25, -0.2) is 0 Å². The summed E-state index contributed by atoms with van der Waals surface area (Å²) in [6.07, 6.45) is 5.33. The fourth-order valence-corrected chi connectivity index (χ4v) is 2.31. The highest BCUT2D eigenvalue weighted by Gasteiger charge is 2.25. The number of amides is 1. The molecule has 1 aromatic rings. The van der Waals surface area contributed by atoms with E-state index < -0.39 is 0 Å². The third-order valence-corrected chi connectivity index (χ3v) is 3.50. The molecular weight excluding hydrogens is 214 g/mol. The predicted octanol–water partition coefficient (Wildman–Crippen LogP) is 1.28. The molecule has 92 valence electrons. The van der Waals surface area contributed by atoms with Gasteiger partial charge in [0.2, 0.25) is 0 Å². The number of likely N-dealkylation sites (tertiary alicyclic amines) is 1. The standard InChI is InChI=1S/C13H19N3O/c1-10(14)11-4-8-16(9-5-11)13(17)12-2-6-15-7-3-12/h2-3,6-7,10-11H,4-5,8-9,14H2,1H3. The van der Waals surface area contributed by atoms with Gasteiger partial charge in [-0.2, -0.15) is 0 Å². The quantitative estimate of drug-likeness (QED) is 0.837. The first-order chi connectivity index (χ1) is 8.18. The zero-order chi connectivity index (χ0) is 12.3. The Labute approximate surface area is 102 Å². The van der Waals surface area contributed by atoms with Gasteiger partial charge >= 0.3 is 0 Å². The van der Waals surface area contributed by atoms with Crippen LogP contribution >= 0.6 is 0 Å². The average molecular weight is 233 g/mol. The van der Waals surface area contributed by atoms with E-state index in [1.807, 2.05) is 11.8 Å². The fraction of sp³-hybridized carbons (Fsp3) is 0.538. The van der Waals surface area contributed by atoms with Gasteiger partial charge < -0.3 is 10.6 Å². The van der Waals surface area contributed by atoms with Gasteiger partial charge in [0.1, 0.15) is 0 Å². The van der Waals surface area contributed by atoms with E-state index in [1.165, 1.54) is 0 Å². The van der Waals surface area contributed by atoms with Crippen molar-refractivity contribution >= 4 is 5.91 Å². The van der Waals surface area contributed by atoms with Gasteiger partial charge in [-0.05, 0) is 37.8 Å². The molecule has 2 N–H and O–H groups in total.